The van der Waals surface area contributed by atoms with Crippen molar-refractivity contribution in [2.75, 3.05) is 20.3 Å². The molecule has 4 unspecified atom stereocenters. The van der Waals surface area contributed by atoms with Crippen molar-refractivity contribution in [1.82, 2.24) is 4.90 Å². The van der Waals surface area contributed by atoms with E-state index < -0.39 is 0 Å². The summed E-state index contributed by atoms with van der Waals surface area (Å²) in [6.07, 6.45) is 4.34. The lowest BCUT2D eigenvalue weighted by Crippen LogP contribution is -2.47. The van der Waals surface area contributed by atoms with E-state index in [0.717, 1.165) is 38.9 Å². The minimum Gasteiger partial charge on any atom is -0.380 e. The van der Waals surface area contributed by atoms with Gasteiger partial charge in [-0.15, -0.1) is 0 Å². The summed E-state index contributed by atoms with van der Waals surface area (Å²) >= 11 is 0. The molecule has 1 heterocycles. The van der Waals surface area contributed by atoms with Crippen LogP contribution in [0.25, 0.3) is 0 Å². The van der Waals surface area contributed by atoms with Crippen molar-refractivity contribution in [2.24, 2.45) is 5.92 Å². The highest BCUT2D eigenvalue weighted by Crippen LogP contribution is 2.38. The van der Waals surface area contributed by atoms with Crippen LogP contribution in [-0.4, -0.2) is 37.2 Å². The first-order valence-corrected chi connectivity index (χ1v) is 8.04. The highest BCUT2D eigenvalue weighted by Gasteiger charge is 2.37. The number of benzene rings is 1. The number of hydrogen-bond acceptors (Lipinski definition) is 3. The molecule has 0 spiro atoms. The van der Waals surface area contributed by atoms with Crippen molar-refractivity contribution < 1.29 is 4.74 Å². The molecule has 112 valence electrons. The second-order valence-electron chi connectivity index (χ2n) is 6.41. The Balaban J connectivity index is 1.74. The average molecular weight is 284 g/mol. The highest BCUT2D eigenvalue weighted by molar-refractivity contribution is 5.21. The van der Waals surface area contributed by atoms with Gasteiger partial charge in [-0.25, -0.2) is 0 Å². The second-order valence-corrected chi connectivity index (χ2v) is 6.41. The Morgan fingerprint density at radius 1 is 1.19 bits per heavy atom. The lowest BCUT2D eigenvalue weighted by Gasteiger charge is -2.41. The van der Waals surface area contributed by atoms with Crippen molar-refractivity contribution in [1.29, 1.82) is 5.26 Å². The Bertz CT molecular complexity index is 490. The van der Waals surface area contributed by atoms with Crippen LogP contribution in [0.2, 0.25) is 0 Å². The summed E-state index contributed by atoms with van der Waals surface area (Å²) in [6, 6.07) is 14.2. The second kappa shape index (κ2) is 6.60. The van der Waals surface area contributed by atoms with E-state index in [0.29, 0.717) is 18.0 Å². The van der Waals surface area contributed by atoms with Crippen LogP contribution in [0.3, 0.4) is 0 Å². The van der Waals surface area contributed by atoms with E-state index in [1.807, 2.05) is 0 Å². The maximum atomic E-state index is 9.50. The fraction of sp³-hybridized carbons (Fsp3) is 0.611. The number of nitrogens with zero attached hydrogens (tertiary/aromatic N) is 2. The third-order valence-electron chi connectivity index (χ3n) is 5.26. The van der Waals surface area contributed by atoms with Crippen molar-refractivity contribution in [3.05, 3.63) is 35.9 Å². The molecule has 0 radical (unpaired) electrons. The molecule has 1 aromatic rings. The molecule has 1 saturated carbocycles. The van der Waals surface area contributed by atoms with Crippen LogP contribution in [0.4, 0.5) is 0 Å². The summed E-state index contributed by atoms with van der Waals surface area (Å²) in [5, 5.41) is 9.50. The predicted molar refractivity (Wildman–Crippen MR) is 82.9 cm³/mol. The lowest BCUT2D eigenvalue weighted by molar-refractivity contribution is 0.0882. The van der Waals surface area contributed by atoms with Crippen LogP contribution >= 0.6 is 0 Å². The molecule has 3 rings (SSSR count). The minimum atomic E-state index is 0.163. The van der Waals surface area contributed by atoms with Crippen LogP contribution in [0, 0.1) is 17.2 Å². The molecular formula is C18H24N2O. The van der Waals surface area contributed by atoms with Gasteiger partial charge in [0.2, 0.25) is 0 Å². The molecule has 2 fully saturated rings. The van der Waals surface area contributed by atoms with Gasteiger partial charge in [0.1, 0.15) is 0 Å². The zero-order chi connectivity index (χ0) is 14.7. The minimum absolute atomic E-state index is 0.163. The maximum Gasteiger partial charge on any atom is 0.0672 e. The molecule has 1 aliphatic carbocycles. The number of ether oxygens (including phenoxy) is 1. The van der Waals surface area contributed by atoms with Gasteiger partial charge < -0.3 is 4.74 Å². The number of likely N-dealkylation sites (N-methyl/N-ethyl adjacent to an activating group) is 1. The Morgan fingerprint density at radius 2 is 2.00 bits per heavy atom. The van der Waals surface area contributed by atoms with E-state index in [4.69, 9.17) is 4.74 Å². The molecule has 21 heavy (non-hydrogen) atoms. The predicted octanol–water partition coefficient (Wildman–Crippen LogP) is 3.18. The van der Waals surface area contributed by atoms with Crippen LogP contribution < -0.4 is 0 Å². The fourth-order valence-corrected chi connectivity index (χ4v) is 3.89. The van der Waals surface area contributed by atoms with E-state index in [9.17, 15) is 5.26 Å². The van der Waals surface area contributed by atoms with E-state index in [1.165, 1.54) is 5.56 Å². The normalized spacial score (nSPS) is 33.0. The van der Waals surface area contributed by atoms with Gasteiger partial charge in [-0.3, -0.25) is 4.90 Å². The van der Waals surface area contributed by atoms with E-state index in [1.54, 1.807) is 0 Å². The Kier molecular flexibility index (Phi) is 4.57. The molecule has 1 aliphatic heterocycles. The first-order chi connectivity index (χ1) is 10.3. The van der Waals surface area contributed by atoms with Gasteiger partial charge in [-0.1, -0.05) is 30.3 Å². The molecule has 1 aromatic carbocycles. The standard InChI is InChI=1S/C18H24N2O/c1-20(17-9-10-21-13-17)18-11-15(7-8-16(18)12-19)14-5-3-2-4-6-14/h2-6,15-18H,7-11,13H2,1H3. The van der Waals surface area contributed by atoms with Crippen molar-refractivity contribution in [3.63, 3.8) is 0 Å². The molecule has 0 amide bonds. The summed E-state index contributed by atoms with van der Waals surface area (Å²) in [5.74, 6) is 0.751. The van der Waals surface area contributed by atoms with Gasteiger partial charge in [-0.05, 0) is 44.2 Å². The summed E-state index contributed by atoms with van der Waals surface area (Å²) in [4.78, 5) is 2.43. The quantitative estimate of drug-likeness (QED) is 0.855. The van der Waals surface area contributed by atoms with Crippen LogP contribution in [-0.2, 0) is 4.74 Å². The van der Waals surface area contributed by atoms with Crippen molar-refractivity contribution in [3.8, 4) is 6.07 Å². The van der Waals surface area contributed by atoms with Gasteiger partial charge in [0.05, 0.1) is 18.6 Å². The maximum absolute atomic E-state index is 9.50. The summed E-state index contributed by atoms with van der Waals surface area (Å²) in [5.41, 5.74) is 1.43. The highest BCUT2D eigenvalue weighted by atomic mass is 16.5. The molecule has 1 saturated heterocycles. The molecule has 0 N–H and O–H groups in total. The molecule has 0 bridgehead atoms. The largest absolute Gasteiger partial charge is 0.380 e. The Labute approximate surface area is 127 Å². The average Bonchev–Trinajstić information content (AvgIpc) is 3.09. The first kappa shape index (κ1) is 14.6. The molecular weight excluding hydrogens is 260 g/mol. The molecule has 4 atom stereocenters. The summed E-state index contributed by atoms with van der Waals surface area (Å²) in [7, 11) is 2.18. The van der Waals surface area contributed by atoms with Crippen molar-refractivity contribution >= 4 is 0 Å². The van der Waals surface area contributed by atoms with Crippen LogP contribution in [0.15, 0.2) is 30.3 Å². The van der Waals surface area contributed by atoms with Gasteiger partial charge in [0.15, 0.2) is 0 Å². The fourth-order valence-electron chi connectivity index (χ4n) is 3.89. The van der Waals surface area contributed by atoms with Gasteiger partial charge in [0, 0.05) is 18.7 Å². The number of rotatable bonds is 3. The van der Waals surface area contributed by atoms with Crippen LogP contribution in [0.5, 0.6) is 0 Å². The molecule has 3 nitrogen and oxygen atoms in total. The van der Waals surface area contributed by atoms with E-state index in [2.05, 4.69) is 48.3 Å². The zero-order valence-electron chi connectivity index (χ0n) is 12.7. The van der Waals surface area contributed by atoms with E-state index in [-0.39, 0.29) is 5.92 Å². The number of hydrogen-bond donors (Lipinski definition) is 0. The Hall–Kier alpha value is -1.37. The van der Waals surface area contributed by atoms with E-state index >= 15 is 0 Å². The third-order valence-corrected chi connectivity index (χ3v) is 5.26. The van der Waals surface area contributed by atoms with Gasteiger partial charge >= 0.3 is 0 Å². The molecule has 2 aliphatic rings. The smallest absolute Gasteiger partial charge is 0.0672 e. The monoisotopic (exact) mass is 284 g/mol. The summed E-state index contributed by atoms with van der Waals surface area (Å²) < 4.78 is 5.52. The molecule has 0 aromatic heterocycles. The SMILES string of the molecule is CN(C1CCOC1)C1CC(c2ccccc2)CCC1C#N. The number of nitriles is 1. The zero-order valence-corrected chi connectivity index (χ0v) is 12.7. The first-order valence-electron chi connectivity index (χ1n) is 8.04. The lowest BCUT2D eigenvalue weighted by atomic mass is 9.75. The van der Waals surface area contributed by atoms with Gasteiger partial charge in [-0.2, -0.15) is 5.26 Å². The Morgan fingerprint density at radius 3 is 2.67 bits per heavy atom. The topological polar surface area (TPSA) is 36.3 Å². The van der Waals surface area contributed by atoms with Gasteiger partial charge in [0.25, 0.3) is 0 Å². The summed E-state index contributed by atoms with van der Waals surface area (Å²) in [6.45, 7) is 1.68. The van der Waals surface area contributed by atoms with Crippen LogP contribution in [0.1, 0.15) is 37.2 Å². The molecule has 3 heteroatoms. The van der Waals surface area contributed by atoms with Crippen molar-refractivity contribution in [2.45, 2.75) is 43.7 Å². The third kappa shape index (κ3) is 3.12.